The second kappa shape index (κ2) is 6.21. The molecule has 0 aliphatic carbocycles. The predicted molar refractivity (Wildman–Crippen MR) is 89.9 cm³/mol. The molecule has 2 aromatic rings. The van der Waals surface area contributed by atoms with E-state index in [-0.39, 0.29) is 16.5 Å². The molecule has 0 saturated carbocycles. The number of nitrogens with zero attached hydrogens (tertiary/aromatic N) is 2. The second-order valence-corrected chi connectivity index (χ2v) is 7.93. The van der Waals surface area contributed by atoms with Crippen molar-refractivity contribution in [3.05, 3.63) is 42.4 Å². The maximum Gasteiger partial charge on any atom is 0.295 e. The zero-order valence-corrected chi connectivity index (χ0v) is 14.3. The molecule has 13 heteroatoms. The van der Waals surface area contributed by atoms with Crippen LogP contribution in [0.4, 0.5) is 10.1 Å². The fourth-order valence-corrected chi connectivity index (χ4v) is 3.59. The van der Waals surface area contributed by atoms with E-state index in [1.807, 2.05) is 0 Å². The minimum atomic E-state index is -4.80. The Kier molecular flexibility index (Phi) is 4.31. The third-order valence-corrected chi connectivity index (χ3v) is 5.04. The van der Waals surface area contributed by atoms with Crippen LogP contribution in [0.1, 0.15) is 0 Å². The van der Waals surface area contributed by atoms with Gasteiger partial charge in [-0.05, 0) is 29.7 Å². The Hall–Kier alpha value is -2.74. The van der Waals surface area contributed by atoms with Gasteiger partial charge in [-0.15, -0.1) is 10.3 Å². The van der Waals surface area contributed by atoms with Crippen molar-refractivity contribution in [2.75, 3.05) is 5.43 Å². The summed E-state index contributed by atoms with van der Waals surface area (Å²) in [5, 5.41) is 4.77. The Morgan fingerprint density at radius 1 is 1.08 bits per heavy atom. The van der Waals surface area contributed by atoms with Crippen LogP contribution in [0.2, 0.25) is 0 Å². The van der Waals surface area contributed by atoms with Gasteiger partial charge in [0.1, 0.15) is 4.90 Å². The van der Waals surface area contributed by atoms with Crippen LogP contribution in [0, 0.1) is 0 Å². The van der Waals surface area contributed by atoms with E-state index in [1.54, 1.807) is 0 Å². The van der Waals surface area contributed by atoms with Gasteiger partial charge >= 0.3 is 0 Å². The first-order valence-corrected chi connectivity index (χ1v) is 9.68. The molecule has 0 radical (unpaired) electrons. The van der Waals surface area contributed by atoms with E-state index >= 15 is 0 Å². The van der Waals surface area contributed by atoms with Gasteiger partial charge in [-0.1, -0.05) is 6.07 Å². The highest BCUT2D eigenvalue weighted by atomic mass is 32.2. The first kappa shape index (κ1) is 18.1. The molecule has 138 valence electrons. The summed E-state index contributed by atoms with van der Waals surface area (Å²) in [5.74, 6) is -0.690. The number of hydrogen-bond acceptors (Lipinski definition) is 8. The second-order valence-electron chi connectivity index (χ2n) is 5.12. The summed E-state index contributed by atoms with van der Waals surface area (Å²) < 4.78 is 77.6. The summed E-state index contributed by atoms with van der Waals surface area (Å²) in [6.07, 6.45) is 2.24. The average molecular weight is 402 g/mol. The van der Waals surface area contributed by atoms with Gasteiger partial charge in [0.15, 0.2) is 0 Å². The number of nitrogens with one attached hydrogen (secondary N) is 2. The van der Waals surface area contributed by atoms with Crippen LogP contribution in [0.25, 0.3) is 10.8 Å². The van der Waals surface area contributed by atoms with Gasteiger partial charge in [0.25, 0.3) is 20.2 Å². The molecule has 1 heterocycles. The van der Waals surface area contributed by atoms with Gasteiger partial charge in [-0.3, -0.25) is 14.5 Å². The molecule has 10 nitrogen and oxygen atoms in total. The van der Waals surface area contributed by atoms with E-state index in [1.165, 1.54) is 24.4 Å². The smallest absolute Gasteiger partial charge is 0.282 e. The number of hydrazine groups is 2. The van der Waals surface area contributed by atoms with Crippen molar-refractivity contribution in [2.45, 2.75) is 9.79 Å². The zero-order chi connectivity index (χ0) is 19.1. The SMILES string of the molecule is O=S(=O)(O)c1cc(S(=O)(=O)O)c2cc(NN3N=CC=C(F)N3)ccc2c1. The highest BCUT2D eigenvalue weighted by Crippen LogP contribution is 2.29. The zero-order valence-electron chi connectivity index (χ0n) is 12.7. The first-order chi connectivity index (χ1) is 12.0. The highest BCUT2D eigenvalue weighted by Gasteiger charge is 2.21. The number of hydrogen-bond donors (Lipinski definition) is 4. The molecule has 0 saturated heterocycles. The summed E-state index contributed by atoms with van der Waals surface area (Å²) in [4.78, 5) is -1.40. The topological polar surface area (TPSA) is 148 Å². The maximum atomic E-state index is 13.2. The quantitative estimate of drug-likeness (QED) is 0.438. The van der Waals surface area contributed by atoms with E-state index < -0.39 is 36.0 Å². The van der Waals surface area contributed by atoms with Crippen molar-refractivity contribution in [3.8, 4) is 0 Å². The molecule has 0 atom stereocenters. The van der Waals surface area contributed by atoms with Crippen molar-refractivity contribution >= 4 is 42.9 Å². The standard InChI is InChI=1S/C13H11FN4O6S2/c14-13-3-4-15-18(17-13)16-9-2-1-8-5-10(25(19,20)21)7-12(11(8)6-9)26(22,23)24/h1-7,16-17H,(H,19,20,21)(H,22,23,24). The molecule has 0 aromatic heterocycles. The highest BCUT2D eigenvalue weighted by molar-refractivity contribution is 7.86. The van der Waals surface area contributed by atoms with Crippen LogP contribution < -0.4 is 10.9 Å². The minimum absolute atomic E-state index is 0.0260. The molecule has 0 fully saturated rings. The molecule has 0 unspecified atom stereocenters. The number of benzene rings is 2. The van der Waals surface area contributed by atoms with Gasteiger partial charge < -0.3 is 0 Å². The van der Waals surface area contributed by atoms with Crippen molar-refractivity contribution < 1.29 is 30.3 Å². The molecular formula is C13H11FN4O6S2. The van der Waals surface area contributed by atoms with Crippen LogP contribution in [0.5, 0.6) is 0 Å². The summed E-state index contributed by atoms with van der Waals surface area (Å²) in [5.41, 5.74) is 5.10. The third-order valence-electron chi connectivity index (χ3n) is 3.32. The fourth-order valence-electron chi connectivity index (χ4n) is 2.24. The number of fused-ring (bicyclic) bond motifs is 1. The Bertz CT molecular complexity index is 1160. The number of halogens is 1. The summed E-state index contributed by atoms with van der Waals surface area (Å²) >= 11 is 0. The third kappa shape index (κ3) is 3.75. The van der Waals surface area contributed by atoms with Crippen molar-refractivity contribution in [1.29, 1.82) is 0 Å². The van der Waals surface area contributed by atoms with Crippen LogP contribution in [-0.4, -0.2) is 37.4 Å². The van der Waals surface area contributed by atoms with Gasteiger partial charge in [-0.25, -0.2) is 5.43 Å². The lowest BCUT2D eigenvalue weighted by Crippen LogP contribution is -2.38. The molecule has 1 aliphatic heterocycles. The molecule has 0 spiro atoms. The largest absolute Gasteiger partial charge is 0.295 e. The maximum absolute atomic E-state index is 13.2. The Morgan fingerprint density at radius 2 is 1.81 bits per heavy atom. The van der Waals surface area contributed by atoms with E-state index in [2.05, 4.69) is 16.0 Å². The Balaban J connectivity index is 2.11. The molecule has 0 bridgehead atoms. The lowest BCUT2D eigenvalue weighted by Gasteiger charge is -2.23. The van der Waals surface area contributed by atoms with E-state index in [0.29, 0.717) is 6.07 Å². The summed E-state index contributed by atoms with van der Waals surface area (Å²) in [7, 11) is -9.49. The van der Waals surface area contributed by atoms with Gasteiger partial charge in [0, 0.05) is 11.5 Å². The van der Waals surface area contributed by atoms with Crippen molar-refractivity contribution in [2.24, 2.45) is 5.10 Å². The monoisotopic (exact) mass is 402 g/mol. The molecule has 0 amide bonds. The molecule has 1 aliphatic rings. The van der Waals surface area contributed by atoms with E-state index in [4.69, 9.17) is 4.55 Å². The van der Waals surface area contributed by atoms with E-state index in [9.17, 15) is 25.8 Å². The lowest BCUT2D eigenvalue weighted by molar-refractivity contribution is 0.239. The molecule has 2 aromatic carbocycles. The summed E-state index contributed by atoms with van der Waals surface area (Å²) in [6, 6.07) is 5.73. The number of anilines is 1. The summed E-state index contributed by atoms with van der Waals surface area (Å²) in [6.45, 7) is 0. The molecule has 3 rings (SSSR count). The first-order valence-electron chi connectivity index (χ1n) is 6.80. The van der Waals surface area contributed by atoms with Crippen molar-refractivity contribution in [3.63, 3.8) is 0 Å². The van der Waals surface area contributed by atoms with Crippen LogP contribution in [-0.2, 0) is 20.2 Å². The minimum Gasteiger partial charge on any atom is -0.282 e. The molecule has 4 N–H and O–H groups in total. The molecular weight excluding hydrogens is 391 g/mol. The van der Waals surface area contributed by atoms with Gasteiger partial charge in [-0.2, -0.15) is 21.2 Å². The predicted octanol–water partition coefficient (Wildman–Crippen LogP) is 1.28. The Labute approximate surface area is 147 Å². The van der Waals surface area contributed by atoms with Crippen molar-refractivity contribution in [1.82, 2.24) is 10.7 Å². The van der Waals surface area contributed by atoms with Crippen LogP contribution in [0.3, 0.4) is 0 Å². The average Bonchev–Trinajstić information content (AvgIpc) is 2.52. The van der Waals surface area contributed by atoms with Crippen LogP contribution in [0.15, 0.2) is 57.3 Å². The van der Waals surface area contributed by atoms with Gasteiger partial charge in [0.05, 0.1) is 16.8 Å². The number of rotatable bonds is 4. The van der Waals surface area contributed by atoms with Crippen LogP contribution >= 0.6 is 0 Å². The number of hydrazone groups is 1. The number of allylic oxidation sites excluding steroid dienone is 1. The van der Waals surface area contributed by atoms with E-state index in [0.717, 1.165) is 17.4 Å². The normalized spacial score (nSPS) is 14.9. The lowest BCUT2D eigenvalue weighted by atomic mass is 10.1. The van der Waals surface area contributed by atoms with Gasteiger partial charge in [0.2, 0.25) is 5.95 Å². The fraction of sp³-hybridized carbons (Fsp3) is 0. The Morgan fingerprint density at radius 3 is 2.42 bits per heavy atom. The molecule has 26 heavy (non-hydrogen) atoms.